The molecule has 0 saturated carbocycles. The van der Waals surface area contributed by atoms with Crippen LogP contribution in [0.15, 0.2) is 24.3 Å². The normalized spacial score (nSPS) is 15.5. The van der Waals surface area contributed by atoms with Crippen molar-refractivity contribution in [2.75, 3.05) is 38.2 Å². The van der Waals surface area contributed by atoms with Gasteiger partial charge in [0.1, 0.15) is 0 Å². The average molecular weight is 328 g/mol. The van der Waals surface area contributed by atoms with E-state index in [1.54, 1.807) is 0 Å². The smallest absolute Gasteiger partial charge is 0.238 e. The third-order valence-corrected chi connectivity index (χ3v) is 4.31. The van der Waals surface area contributed by atoms with Crippen LogP contribution in [0.2, 0.25) is 0 Å². The van der Waals surface area contributed by atoms with Crippen molar-refractivity contribution in [1.29, 1.82) is 0 Å². The summed E-state index contributed by atoms with van der Waals surface area (Å²) in [4.78, 5) is 14.4. The average Bonchev–Trinajstić information content (AvgIpc) is 2.85. The van der Waals surface area contributed by atoms with E-state index in [4.69, 9.17) is 4.74 Å². The van der Waals surface area contributed by atoms with Crippen LogP contribution in [0.4, 0.5) is 5.69 Å². The van der Waals surface area contributed by atoms with Gasteiger partial charge in [0, 0.05) is 13.1 Å². The van der Waals surface area contributed by atoms with E-state index in [2.05, 4.69) is 34.4 Å². The Morgan fingerprint density at radius 2 is 1.83 bits per heavy atom. The highest BCUT2D eigenvalue weighted by Crippen LogP contribution is 2.23. The predicted molar refractivity (Wildman–Crippen MR) is 93.7 cm³/mol. The molecule has 24 heavy (non-hydrogen) atoms. The highest BCUT2D eigenvalue weighted by molar-refractivity contribution is 5.93. The van der Waals surface area contributed by atoms with Crippen molar-refractivity contribution >= 4 is 11.6 Å². The van der Waals surface area contributed by atoms with Crippen molar-refractivity contribution in [2.24, 2.45) is 0 Å². The monoisotopic (exact) mass is 328 g/mol. The van der Waals surface area contributed by atoms with E-state index < -0.39 is 0 Å². The van der Waals surface area contributed by atoms with Crippen LogP contribution in [0.25, 0.3) is 5.69 Å². The summed E-state index contributed by atoms with van der Waals surface area (Å²) in [6, 6.07) is 8.19. The van der Waals surface area contributed by atoms with E-state index in [1.165, 1.54) is 5.56 Å². The minimum atomic E-state index is -0.00782. The van der Waals surface area contributed by atoms with Gasteiger partial charge in [0.15, 0.2) is 0 Å². The summed E-state index contributed by atoms with van der Waals surface area (Å²) in [7, 11) is 0. The number of aryl methyl sites for hydroxylation is 2. The fourth-order valence-electron chi connectivity index (χ4n) is 2.90. The van der Waals surface area contributed by atoms with Crippen LogP contribution in [-0.2, 0) is 9.53 Å². The van der Waals surface area contributed by atoms with Crippen molar-refractivity contribution in [3.8, 4) is 5.69 Å². The molecule has 1 fully saturated rings. The second-order valence-corrected chi connectivity index (χ2v) is 6.23. The molecule has 1 aromatic carbocycles. The van der Waals surface area contributed by atoms with Gasteiger partial charge in [-0.3, -0.25) is 9.69 Å². The lowest BCUT2D eigenvalue weighted by Crippen LogP contribution is -2.41. The highest BCUT2D eigenvalue weighted by atomic mass is 16.5. The largest absolute Gasteiger partial charge is 0.379 e. The Morgan fingerprint density at radius 1 is 1.17 bits per heavy atom. The first kappa shape index (κ1) is 16.7. The highest BCUT2D eigenvalue weighted by Gasteiger charge is 2.18. The predicted octanol–water partition coefficient (Wildman–Crippen LogP) is 2.07. The van der Waals surface area contributed by atoms with E-state index in [0.717, 1.165) is 35.9 Å². The Kier molecular flexibility index (Phi) is 4.97. The van der Waals surface area contributed by atoms with Crippen molar-refractivity contribution in [3.05, 3.63) is 41.2 Å². The Hall–Kier alpha value is -2.18. The molecule has 1 aromatic heterocycles. The fourth-order valence-corrected chi connectivity index (χ4v) is 2.90. The molecule has 0 atom stereocenters. The third kappa shape index (κ3) is 3.66. The quantitative estimate of drug-likeness (QED) is 0.933. The lowest BCUT2D eigenvalue weighted by molar-refractivity contribution is -0.118. The molecule has 0 radical (unpaired) electrons. The number of hydrogen-bond acceptors (Lipinski definition) is 4. The second kappa shape index (κ2) is 7.15. The third-order valence-electron chi connectivity index (χ3n) is 4.31. The van der Waals surface area contributed by atoms with Gasteiger partial charge < -0.3 is 10.1 Å². The molecule has 1 aliphatic rings. The molecule has 0 aliphatic carbocycles. The van der Waals surface area contributed by atoms with E-state index in [-0.39, 0.29) is 5.91 Å². The number of carbonyl (C=O) groups excluding carboxylic acids is 1. The minimum Gasteiger partial charge on any atom is -0.379 e. The zero-order chi connectivity index (χ0) is 17.1. The molecular weight excluding hydrogens is 304 g/mol. The van der Waals surface area contributed by atoms with E-state index in [0.29, 0.717) is 19.8 Å². The van der Waals surface area contributed by atoms with E-state index in [1.807, 2.05) is 30.7 Å². The first-order valence-electron chi connectivity index (χ1n) is 8.28. The summed E-state index contributed by atoms with van der Waals surface area (Å²) in [5.41, 5.74) is 4.76. The number of nitrogens with zero attached hydrogens (tertiary/aromatic N) is 3. The maximum Gasteiger partial charge on any atom is 0.238 e. The van der Waals surface area contributed by atoms with Crippen molar-refractivity contribution in [2.45, 2.75) is 20.8 Å². The number of ether oxygens (including phenoxy) is 1. The van der Waals surface area contributed by atoms with Crippen molar-refractivity contribution < 1.29 is 9.53 Å². The molecule has 2 heterocycles. The Labute approximate surface area is 142 Å². The van der Waals surface area contributed by atoms with Crippen molar-refractivity contribution in [1.82, 2.24) is 14.7 Å². The maximum atomic E-state index is 12.3. The SMILES string of the molecule is Cc1ccc(-n2nc(C)c(NC(=O)CN3CCOCC3)c2C)cc1. The number of benzene rings is 1. The van der Waals surface area contributed by atoms with Gasteiger partial charge in [-0.25, -0.2) is 4.68 Å². The molecule has 6 heteroatoms. The standard InChI is InChI=1S/C18H24N4O2/c1-13-4-6-16(7-5-13)22-15(3)18(14(2)20-22)19-17(23)12-21-8-10-24-11-9-21/h4-7H,8-12H2,1-3H3,(H,19,23). The second-order valence-electron chi connectivity index (χ2n) is 6.23. The minimum absolute atomic E-state index is 0.00782. The van der Waals surface area contributed by atoms with E-state index in [9.17, 15) is 4.79 Å². The number of hydrogen-bond donors (Lipinski definition) is 1. The summed E-state index contributed by atoms with van der Waals surface area (Å²) in [5.74, 6) is -0.00782. The van der Waals surface area contributed by atoms with Crippen LogP contribution >= 0.6 is 0 Å². The van der Waals surface area contributed by atoms with Crippen LogP contribution in [0, 0.1) is 20.8 Å². The van der Waals surface area contributed by atoms with Crippen LogP contribution in [-0.4, -0.2) is 53.4 Å². The number of aromatic nitrogens is 2. The van der Waals surface area contributed by atoms with Crippen molar-refractivity contribution in [3.63, 3.8) is 0 Å². The maximum absolute atomic E-state index is 12.3. The first-order valence-corrected chi connectivity index (χ1v) is 8.28. The van der Waals surface area contributed by atoms with Crippen LogP contribution in [0.1, 0.15) is 17.0 Å². The number of rotatable bonds is 4. The zero-order valence-electron chi connectivity index (χ0n) is 14.5. The van der Waals surface area contributed by atoms with Gasteiger partial charge in [0.25, 0.3) is 0 Å². The summed E-state index contributed by atoms with van der Waals surface area (Å²) < 4.78 is 7.19. The van der Waals surface area contributed by atoms with Gasteiger partial charge in [0.2, 0.25) is 5.91 Å². The number of nitrogens with one attached hydrogen (secondary N) is 1. The molecule has 1 N–H and O–H groups in total. The van der Waals surface area contributed by atoms with Gasteiger partial charge >= 0.3 is 0 Å². The molecule has 0 spiro atoms. The Balaban J connectivity index is 1.74. The summed E-state index contributed by atoms with van der Waals surface area (Å²) >= 11 is 0. The Morgan fingerprint density at radius 3 is 2.50 bits per heavy atom. The number of morpholine rings is 1. The van der Waals surface area contributed by atoms with Gasteiger partial charge in [-0.1, -0.05) is 17.7 Å². The molecule has 128 valence electrons. The fraction of sp³-hybridized carbons (Fsp3) is 0.444. The molecule has 3 rings (SSSR count). The number of anilines is 1. The van der Waals surface area contributed by atoms with Crippen LogP contribution < -0.4 is 5.32 Å². The van der Waals surface area contributed by atoms with E-state index >= 15 is 0 Å². The number of amides is 1. The molecule has 6 nitrogen and oxygen atoms in total. The van der Waals surface area contributed by atoms with Crippen LogP contribution in [0.5, 0.6) is 0 Å². The zero-order valence-corrected chi connectivity index (χ0v) is 14.5. The van der Waals surface area contributed by atoms with Gasteiger partial charge in [-0.05, 0) is 32.9 Å². The molecule has 2 aromatic rings. The van der Waals surface area contributed by atoms with Gasteiger partial charge in [-0.15, -0.1) is 0 Å². The Bertz CT molecular complexity index is 715. The summed E-state index contributed by atoms with van der Waals surface area (Å²) in [5, 5.41) is 7.60. The van der Waals surface area contributed by atoms with Gasteiger partial charge in [0.05, 0.1) is 42.5 Å². The molecular formula is C18H24N4O2. The topological polar surface area (TPSA) is 59.4 Å². The molecule has 0 bridgehead atoms. The summed E-state index contributed by atoms with van der Waals surface area (Å²) in [6.07, 6.45) is 0. The first-order chi connectivity index (χ1) is 11.5. The van der Waals surface area contributed by atoms with Crippen LogP contribution in [0.3, 0.4) is 0 Å². The molecule has 0 unspecified atom stereocenters. The lowest BCUT2D eigenvalue weighted by Gasteiger charge is -2.25. The lowest BCUT2D eigenvalue weighted by atomic mass is 10.2. The summed E-state index contributed by atoms with van der Waals surface area (Å²) in [6.45, 7) is 9.32. The molecule has 1 amide bonds. The molecule has 1 aliphatic heterocycles. The molecule has 1 saturated heterocycles. The van der Waals surface area contributed by atoms with Gasteiger partial charge in [-0.2, -0.15) is 5.10 Å². The number of carbonyl (C=O) groups is 1.